The standard InChI is InChI=1S/C27H19FN4O4S/c1-35-22-14-17(7-12-21(22)36-26(34)18-8-10-19(28)11-9-18)13-20-24(29)32-27(30-25(20)33)37-23(31-32)15-16-5-3-2-4-6-16/h2-14,29H,15H2,1H3/b20-13+,29-24?. The van der Waals surface area contributed by atoms with Crippen molar-refractivity contribution in [1.82, 2.24) is 5.01 Å². The van der Waals surface area contributed by atoms with Gasteiger partial charge in [-0.05, 0) is 65.4 Å². The lowest BCUT2D eigenvalue weighted by Crippen LogP contribution is -2.35. The number of rotatable bonds is 6. The molecule has 0 fully saturated rings. The minimum absolute atomic E-state index is 0.0622. The number of hydrogen-bond acceptors (Lipinski definition) is 7. The lowest BCUT2D eigenvalue weighted by Gasteiger charge is -2.20. The monoisotopic (exact) mass is 514 g/mol. The van der Waals surface area contributed by atoms with Crippen LogP contribution < -0.4 is 9.47 Å². The zero-order chi connectivity index (χ0) is 25.9. The summed E-state index contributed by atoms with van der Waals surface area (Å²) in [5.41, 5.74) is 1.84. The molecule has 0 radical (unpaired) electrons. The van der Waals surface area contributed by atoms with E-state index in [-0.39, 0.29) is 28.5 Å². The fraction of sp³-hybridized carbons (Fsp3) is 0.0741. The van der Waals surface area contributed by atoms with E-state index in [1.165, 1.54) is 60.3 Å². The lowest BCUT2D eigenvalue weighted by atomic mass is 10.1. The Hall–Kier alpha value is -4.57. The number of thioether (sulfide) groups is 1. The zero-order valence-corrected chi connectivity index (χ0v) is 20.3. The topological polar surface area (TPSA) is 104 Å². The van der Waals surface area contributed by atoms with Crippen LogP contribution in [0.4, 0.5) is 4.39 Å². The van der Waals surface area contributed by atoms with Gasteiger partial charge in [0.1, 0.15) is 10.9 Å². The van der Waals surface area contributed by atoms with Gasteiger partial charge in [-0.2, -0.15) is 15.1 Å². The van der Waals surface area contributed by atoms with Gasteiger partial charge in [0.2, 0.25) is 5.17 Å². The van der Waals surface area contributed by atoms with Crippen LogP contribution in [0.5, 0.6) is 11.5 Å². The minimum Gasteiger partial charge on any atom is -0.493 e. The molecule has 37 heavy (non-hydrogen) atoms. The summed E-state index contributed by atoms with van der Waals surface area (Å²) in [6.45, 7) is 0. The van der Waals surface area contributed by atoms with Crippen LogP contribution in [-0.4, -0.2) is 40.0 Å². The van der Waals surface area contributed by atoms with E-state index in [2.05, 4.69) is 10.1 Å². The second-order valence-electron chi connectivity index (χ2n) is 7.98. The Bertz CT molecular complexity index is 1500. The van der Waals surface area contributed by atoms with Gasteiger partial charge in [-0.1, -0.05) is 36.4 Å². The molecule has 0 unspecified atom stereocenters. The average Bonchev–Trinajstić information content (AvgIpc) is 3.30. The first-order valence-electron chi connectivity index (χ1n) is 11.1. The molecule has 0 spiro atoms. The number of aliphatic imine (C=N–C) groups is 1. The fourth-order valence-electron chi connectivity index (χ4n) is 3.64. The molecule has 0 aromatic heterocycles. The maximum absolute atomic E-state index is 13.1. The molecular formula is C27H19FN4O4S. The number of carbonyl (C=O) groups is 2. The predicted molar refractivity (Wildman–Crippen MR) is 140 cm³/mol. The number of esters is 1. The number of amides is 1. The number of amidine groups is 2. The van der Waals surface area contributed by atoms with Crippen LogP contribution in [-0.2, 0) is 11.2 Å². The summed E-state index contributed by atoms with van der Waals surface area (Å²) in [6, 6.07) is 19.5. The highest BCUT2D eigenvalue weighted by Crippen LogP contribution is 2.32. The highest BCUT2D eigenvalue weighted by Gasteiger charge is 2.35. The fourth-order valence-corrected chi connectivity index (χ4v) is 4.56. The quantitative estimate of drug-likeness (QED) is 0.285. The normalized spacial score (nSPS) is 15.8. The lowest BCUT2D eigenvalue weighted by molar-refractivity contribution is -0.114. The summed E-state index contributed by atoms with van der Waals surface area (Å²) < 4.78 is 23.9. The Balaban J connectivity index is 1.36. The van der Waals surface area contributed by atoms with E-state index < -0.39 is 17.7 Å². The van der Waals surface area contributed by atoms with Gasteiger partial charge in [-0.3, -0.25) is 10.2 Å². The molecule has 2 aliphatic heterocycles. The molecule has 3 aromatic carbocycles. The van der Waals surface area contributed by atoms with E-state index in [0.29, 0.717) is 17.2 Å². The average molecular weight is 515 g/mol. The van der Waals surface area contributed by atoms with Crippen LogP contribution in [0, 0.1) is 11.2 Å². The molecule has 2 heterocycles. The van der Waals surface area contributed by atoms with Crippen LogP contribution >= 0.6 is 11.8 Å². The third-order valence-corrected chi connectivity index (χ3v) is 6.38. The second-order valence-corrected chi connectivity index (χ2v) is 9.02. The molecule has 1 amide bonds. The van der Waals surface area contributed by atoms with E-state index in [4.69, 9.17) is 14.9 Å². The van der Waals surface area contributed by atoms with Crippen LogP contribution in [0.3, 0.4) is 0 Å². The molecule has 5 rings (SSSR count). The summed E-state index contributed by atoms with van der Waals surface area (Å²) in [7, 11) is 1.41. The third-order valence-electron chi connectivity index (χ3n) is 5.48. The van der Waals surface area contributed by atoms with Gasteiger partial charge < -0.3 is 9.47 Å². The number of benzene rings is 3. The number of nitrogens with zero attached hydrogens (tertiary/aromatic N) is 3. The van der Waals surface area contributed by atoms with E-state index in [1.54, 1.807) is 12.1 Å². The molecule has 1 N–H and O–H groups in total. The van der Waals surface area contributed by atoms with Gasteiger partial charge in [-0.15, -0.1) is 0 Å². The molecule has 3 aromatic rings. The first-order valence-corrected chi connectivity index (χ1v) is 11.9. The maximum atomic E-state index is 13.1. The van der Waals surface area contributed by atoms with Gasteiger partial charge in [0.15, 0.2) is 17.3 Å². The van der Waals surface area contributed by atoms with Gasteiger partial charge in [-0.25, -0.2) is 9.18 Å². The number of halogens is 1. The largest absolute Gasteiger partial charge is 0.493 e. The molecule has 2 aliphatic rings. The van der Waals surface area contributed by atoms with E-state index in [0.717, 1.165) is 10.6 Å². The molecule has 0 saturated carbocycles. The highest BCUT2D eigenvalue weighted by molar-refractivity contribution is 8.26. The Morgan fingerprint density at radius 2 is 1.84 bits per heavy atom. The molecule has 184 valence electrons. The highest BCUT2D eigenvalue weighted by atomic mass is 32.2. The third kappa shape index (κ3) is 5.19. The summed E-state index contributed by atoms with van der Waals surface area (Å²) >= 11 is 1.27. The van der Waals surface area contributed by atoms with E-state index in [1.807, 2.05) is 30.3 Å². The Labute approximate surface area is 215 Å². The van der Waals surface area contributed by atoms with E-state index in [9.17, 15) is 14.0 Å². The van der Waals surface area contributed by atoms with Crippen molar-refractivity contribution in [2.75, 3.05) is 7.11 Å². The minimum atomic E-state index is -0.675. The molecule has 0 saturated heterocycles. The molecular weight excluding hydrogens is 495 g/mol. The van der Waals surface area contributed by atoms with Gasteiger partial charge in [0, 0.05) is 6.42 Å². The van der Waals surface area contributed by atoms with Crippen molar-refractivity contribution in [3.63, 3.8) is 0 Å². The van der Waals surface area contributed by atoms with Crippen LogP contribution in [0.25, 0.3) is 6.08 Å². The number of hydrogen-bond donors (Lipinski definition) is 1. The summed E-state index contributed by atoms with van der Waals surface area (Å²) in [6.07, 6.45) is 2.07. The number of methoxy groups -OCH3 is 1. The van der Waals surface area contributed by atoms with Crippen molar-refractivity contribution in [2.45, 2.75) is 6.42 Å². The van der Waals surface area contributed by atoms with Crippen LogP contribution in [0.1, 0.15) is 21.5 Å². The summed E-state index contributed by atoms with van der Waals surface area (Å²) in [5, 5.41) is 15.5. The number of nitrogens with one attached hydrogen (secondary N) is 1. The van der Waals surface area contributed by atoms with Crippen molar-refractivity contribution in [1.29, 1.82) is 5.41 Å². The predicted octanol–water partition coefficient (Wildman–Crippen LogP) is 4.92. The van der Waals surface area contributed by atoms with Crippen molar-refractivity contribution >= 4 is 45.8 Å². The van der Waals surface area contributed by atoms with Gasteiger partial charge in [0.05, 0.1) is 18.2 Å². The molecule has 0 aliphatic carbocycles. The molecule has 0 bridgehead atoms. The van der Waals surface area contributed by atoms with E-state index >= 15 is 0 Å². The molecule has 8 nitrogen and oxygen atoms in total. The first-order chi connectivity index (χ1) is 17.9. The first kappa shape index (κ1) is 24.1. The summed E-state index contributed by atoms with van der Waals surface area (Å²) in [4.78, 5) is 29.3. The van der Waals surface area contributed by atoms with Crippen molar-refractivity contribution in [3.05, 3.63) is 101 Å². The number of fused-ring (bicyclic) bond motifs is 1. The second kappa shape index (κ2) is 10.2. The maximum Gasteiger partial charge on any atom is 0.343 e. The number of carbonyl (C=O) groups excluding carboxylic acids is 2. The Kier molecular flexibility index (Phi) is 6.65. The molecule has 0 atom stereocenters. The molecule has 10 heteroatoms. The van der Waals surface area contributed by atoms with Crippen molar-refractivity contribution in [2.24, 2.45) is 10.1 Å². The van der Waals surface area contributed by atoms with Crippen LogP contribution in [0.2, 0.25) is 0 Å². The SMILES string of the molecule is COc1cc(/C=C2\C(=N)N3N=C(Cc4ccccc4)SC3=NC2=O)ccc1OC(=O)c1ccc(F)cc1. The van der Waals surface area contributed by atoms with Crippen LogP contribution in [0.15, 0.2) is 88.5 Å². The Morgan fingerprint density at radius 3 is 2.57 bits per heavy atom. The van der Waals surface area contributed by atoms with Gasteiger partial charge >= 0.3 is 5.97 Å². The summed E-state index contributed by atoms with van der Waals surface area (Å²) in [5.74, 6) is -1.39. The smallest absolute Gasteiger partial charge is 0.343 e. The zero-order valence-electron chi connectivity index (χ0n) is 19.5. The van der Waals surface area contributed by atoms with Gasteiger partial charge in [0.25, 0.3) is 5.91 Å². The number of hydrazone groups is 1. The Morgan fingerprint density at radius 1 is 1.08 bits per heavy atom. The van der Waals surface area contributed by atoms with Crippen molar-refractivity contribution < 1.29 is 23.5 Å². The number of ether oxygens (including phenoxy) is 2. The van der Waals surface area contributed by atoms with Crippen molar-refractivity contribution in [3.8, 4) is 11.5 Å².